The normalized spacial score (nSPS) is 16.1. The van der Waals surface area contributed by atoms with Gasteiger partial charge in [0.05, 0.1) is 17.4 Å². The van der Waals surface area contributed by atoms with Gasteiger partial charge in [-0.15, -0.1) is 0 Å². The Bertz CT molecular complexity index is 547. The van der Waals surface area contributed by atoms with E-state index in [9.17, 15) is 0 Å². The standard InChI is InChI=1S/C15H22N4O/c1-11-15(12(2)20-18-11)10-16-9-13-7-8-19(17-13)14-5-3-4-6-14/h7-8,14,16H,3-6,9-10H2,1-2H3. The lowest BCUT2D eigenvalue weighted by atomic mass is 10.2. The van der Waals surface area contributed by atoms with Gasteiger partial charge in [0.2, 0.25) is 0 Å². The van der Waals surface area contributed by atoms with E-state index in [2.05, 4.69) is 32.5 Å². The Labute approximate surface area is 119 Å². The van der Waals surface area contributed by atoms with Gasteiger partial charge < -0.3 is 9.84 Å². The second kappa shape index (κ2) is 5.79. The van der Waals surface area contributed by atoms with Crippen LogP contribution in [0.15, 0.2) is 16.8 Å². The van der Waals surface area contributed by atoms with Crippen LogP contribution in [0.5, 0.6) is 0 Å². The second-order valence-corrected chi connectivity index (χ2v) is 5.63. The molecule has 1 aliphatic carbocycles. The van der Waals surface area contributed by atoms with Gasteiger partial charge in [-0.3, -0.25) is 4.68 Å². The molecule has 0 radical (unpaired) electrons. The highest BCUT2D eigenvalue weighted by molar-refractivity contribution is 5.20. The molecule has 0 atom stereocenters. The van der Waals surface area contributed by atoms with E-state index in [1.807, 2.05) is 13.8 Å². The number of aromatic nitrogens is 3. The summed E-state index contributed by atoms with van der Waals surface area (Å²) in [6, 6.07) is 2.73. The molecule has 0 spiro atoms. The molecule has 1 N–H and O–H groups in total. The van der Waals surface area contributed by atoms with Crippen LogP contribution in [0.4, 0.5) is 0 Å². The van der Waals surface area contributed by atoms with Crippen molar-refractivity contribution in [3.8, 4) is 0 Å². The van der Waals surface area contributed by atoms with Gasteiger partial charge in [-0.2, -0.15) is 5.10 Å². The molecule has 0 aliphatic heterocycles. The SMILES string of the molecule is Cc1noc(C)c1CNCc1ccn(C2CCCC2)n1. The first-order valence-electron chi connectivity index (χ1n) is 7.40. The van der Waals surface area contributed by atoms with E-state index in [4.69, 9.17) is 4.52 Å². The third-order valence-electron chi connectivity index (χ3n) is 4.15. The molecule has 2 aromatic rings. The highest BCUT2D eigenvalue weighted by atomic mass is 16.5. The Morgan fingerprint density at radius 2 is 2.10 bits per heavy atom. The molecule has 0 unspecified atom stereocenters. The minimum Gasteiger partial charge on any atom is -0.361 e. The van der Waals surface area contributed by atoms with Crippen LogP contribution in [0, 0.1) is 13.8 Å². The maximum Gasteiger partial charge on any atom is 0.138 e. The van der Waals surface area contributed by atoms with Crippen LogP contribution < -0.4 is 5.32 Å². The predicted octanol–water partition coefficient (Wildman–Crippen LogP) is 2.89. The van der Waals surface area contributed by atoms with Gasteiger partial charge in [0.15, 0.2) is 0 Å². The summed E-state index contributed by atoms with van der Waals surface area (Å²) in [6.07, 6.45) is 7.33. The van der Waals surface area contributed by atoms with E-state index in [0.717, 1.165) is 35.8 Å². The van der Waals surface area contributed by atoms with Crippen LogP contribution >= 0.6 is 0 Å². The maximum atomic E-state index is 5.16. The largest absolute Gasteiger partial charge is 0.361 e. The Kier molecular flexibility index (Phi) is 3.87. The van der Waals surface area contributed by atoms with Crippen LogP contribution in [-0.2, 0) is 13.1 Å². The van der Waals surface area contributed by atoms with Crippen molar-refractivity contribution in [1.29, 1.82) is 0 Å². The second-order valence-electron chi connectivity index (χ2n) is 5.63. The van der Waals surface area contributed by atoms with Gasteiger partial charge in [-0.1, -0.05) is 18.0 Å². The molecular formula is C15H22N4O. The van der Waals surface area contributed by atoms with Crippen molar-refractivity contribution in [2.45, 2.75) is 58.7 Å². The molecular weight excluding hydrogens is 252 g/mol. The van der Waals surface area contributed by atoms with Gasteiger partial charge in [0.1, 0.15) is 5.76 Å². The van der Waals surface area contributed by atoms with Crippen molar-refractivity contribution < 1.29 is 4.52 Å². The zero-order valence-electron chi connectivity index (χ0n) is 12.2. The molecule has 2 heterocycles. The van der Waals surface area contributed by atoms with Crippen molar-refractivity contribution in [2.75, 3.05) is 0 Å². The molecule has 1 saturated carbocycles. The van der Waals surface area contributed by atoms with Gasteiger partial charge in [0, 0.05) is 24.8 Å². The monoisotopic (exact) mass is 274 g/mol. The molecule has 0 saturated heterocycles. The number of nitrogens with zero attached hydrogens (tertiary/aromatic N) is 3. The van der Waals surface area contributed by atoms with Crippen molar-refractivity contribution in [1.82, 2.24) is 20.3 Å². The summed E-state index contributed by atoms with van der Waals surface area (Å²) < 4.78 is 7.30. The molecule has 0 bridgehead atoms. The first-order chi connectivity index (χ1) is 9.74. The van der Waals surface area contributed by atoms with Crippen LogP contribution in [0.1, 0.15) is 54.4 Å². The van der Waals surface area contributed by atoms with Crippen LogP contribution in [0.3, 0.4) is 0 Å². The first-order valence-corrected chi connectivity index (χ1v) is 7.40. The van der Waals surface area contributed by atoms with Crippen LogP contribution in [0.2, 0.25) is 0 Å². The van der Waals surface area contributed by atoms with E-state index in [-0.39, 0.29) is 0 Å². The average Bonchev–Trinajstić information content (AvgIpc) is 3.14. The van der Waals surface area contributed by atoms with Gasteiger partial charge >= 0.3 is 0 Å². The predicted molar refractivity (Wildman–Crippen MR) is 76.3 cm³/mol. The number of hydrogen-bond donors (Lipinski definition) is 1. The molecule has 0 amide bonds. The van der Waals surface area contributed by atoms with Crippen LogP contribution in [0.25, 0.3) is 0 Å². The Hall–Kier alpha value is -1.62. The number of rotatable bonds is 5. The highest BCUT2D eigenvalue weighted by Crippen LogP contribution is 2.28. The lowest BCUT2D eigenvalue weighted by Crippen LogP contribution is -2.15. The molecule has 2 aromatic heterocycles. The summed E-state index contributed by atoms with van der Waals surface area (Å²) in [6.45, 7) is 5.48. The molecule has 1 aliphatic rings. The molecule has 0 aromatic carbocycles. The van der Waals surface area contributed by atoms with E-state index >= 15 is 0 Å². The van der Waals surface area contributed by atoms with Crippen molar-refractivity contribution in [3.63, 3.8) is 0 Å². The Morgan fingerprint density at radius 1 is 1.30 bits per heavy atom. The summed E-state index contributed by atoms with van der Waals surface area (Å²) in [5.41, 5.74) is 3.22. The Morgan fingerprint density at radius 3 is 2.80 bits per heavy atom. The van der Waals surface area contributed by atoms with Crippen molar-refractivity contribution in [3.05, 3.63) is 35.0 Å². The lowest BCUT2D eigenvalue weighted by molar-refractivity contribution is 0.391. The molecule has 3 rings (SSSR count). The fourth-order valence-electron chi connectivity index (χ4n) is 2.91. The van der Waals surface area contributed by atoms with Crippen molar-refractivity contribution >= 4 is 0 Å². The smallest absolute Gasteiger partial charge is 0.138 e. The minimum absolute atomic E-state index is 0.617. The zero-order chi connectivity index (χ0) is 13.9. The van der Waals surface area contributed by atoms with Crippen LogP contribution in [-0.4, -0.2) is 14.9 Å². The highest BCUT2D eigenvalue weighted by Gasteiger charge is 2.17. The van der Waals surface area contributed by atoms with E-state index in [0.29, 0.717) is 6.04 Å². The number of hydrogen-bond acceptors (Lipinski definition) is 4. The van der Waals surface area contributed by atoms with Gasteiger partial charge in [-0.25, -0.2) is 0 Å². The zero-order valence-corrected chi connectivity index (χ0v) is 12.2. The maximum absolute atomic E-state index is 5.16. The molecule has 20 heavy (non-hydrogen) atoms. The van der Waals surface area contributed by atoms with Crippen molar-refractivity contribution in [2.24, 2.45) is 0 Å². The summed E-state index contributed by atoms with van der Waals surface area (Å²) in [5, 5.41) is 12.0. The number of aryl methyl sites for hydroxylation is 2. The van der Waals surface area contributed by atoms with Gasteiger partial charge in [-0.05, 0) is 32.8 Å². The Balaban J connectivity index is 1.54. The fourth-order valence-corrected chi connectivity index (χ4v) is 2.91. The molecule has 1 fully saturated rings. The van der Waals surface area contributed by atoms with Gasteiger partial charge in [0.25, 0.3) is 0 Å². The summed E-state index contributed by atoms with van der Waals surface area (Å²) in [7, 11) is 0. The summed E-state index contributed by atoms with van der Waals surface area (Å²) in [4.78, 5) is 0. The van der Waals surface area contributed by atoms with E-state index in [1.54, 1.807) is 0 Å². The summed E-state index contributed by atoms with van der Waals surface area (Å²) >= 11 is 0. The molecule has 108 valence electrons. The average molecular weight is 274 g/mol. The molecule has 5 heteroatoms. The molecule has 5 nitrogen and oxygen atoms in total. The minimum atomic E-state index is 0.617. The topological polar surface area (TPSA) is 55.9 Å². The quantitative estimate of drug-likeness (QED) is 0.911. The van der Waals surface area contributed by atoms with E-state index in [1.165, 1.54) is 25.7 Å². The first kappa shape index (κ1) is 13.4. The third-order valence-corrected chi connectivity index (χ3v) is 4.15. The summed E-state index contributed by atoms with van der Waals surface area (Å²) in [5.74, 6) is 0.895. The third kappa shape index (κ3) is 2.77. The lowest BCUT2D eigenvalue weighted by Gasteiger charge is -2.09. The van der Waals surface area contributed by atoms with E-state index < -0.39 is 0 Å². The fraction of sp³-hybridized carbons (Fsp3) is 0.600. The number of nitrogens with one attached hydrogen (secondary N) is 1.